The second-order valence-electron chi connectivity index (χ2n) is 5.04. The molecule has 0 N–H and O–H groups in total. The Morgan fingerprint density at radius 1 is 1.25 bits per heavy atom. The molecule has 0 heterocycles. The summed E-state index contributed by atoms with van der Waals surface area (Å²) in [4.78, 5) is 23.3. The molecule has 0 aromatic heterocycles. The van der Waals surface area contributed by atoms with Crippen LogP contribution >= 0.6 is 11.8 Å². The zero-order valence-corrected chi connectivity index (χ0v) is 14.4. The van der Waals surface area contributed by atoms with Gasteiger partial charge in [0.15, 0.2) is 0 Å². The molecule has 0 bridgehead atoms. The van der Waals surface area contributed by atoms with Crippen LogP contribution in [0.15, 0.2) is 41.3 Å². The number of nitro groups is 1. The molecule has 0 unspecified atom stereocenters. The van der Waals surface area contributed by atoms with Crippen molar-refractivity contribution in [2.75, 3.05) is 13.4 Å². The van der Waals surface area contributed by atoms with Crippen LogP contribution in [-0.4, -0.2) is 24.3 Å². The zero-order chi connectivity index (χ0) is 17.7. The third-order valence-corrected chi connectivity index (χ3v) is 4.19. The minimum Gasteiger partial charge on any atom is -0.496 e. The fraction of sp³-hybridized carbons (Fsp3) is 0.235. The number of hydrogen-bond acceptors (Lipinski definition) is 6. The van der Waals surface area contributed by atoms with Gasteiger partial charge in [0.05, 0.1) is 22.5 Å². The Balaban J connectivity index is 2.17. The van der Waals surface area contributed by atoms with Gasteiger partial charge in [0.1, 0.15) is 12.4 Å². The van der Waals surface area contributed by atoms with E-state index in [1.54, 1.807) is 25.5 Å². The standard InChI is InChI=1S/C17H17NO5S/c1-11-4-6-15(22-2)13(8-11)10-23-17(19)12-5-7-16(24-3)14(9-12)18(20)21/h4-9H,10H2,1-3H3. The van der Waals surface area contributed by atoms with Crippen LogP contribution in [0.3, 0.4) is 0 Å². The molecule has 6 nitrogen and oxygen atoms in total. The van der Waals surface area contributed by atoms with Crippen LogP contribution in [0.4, 0.5) is 5.69 Å². The van der Waals surface area contributed by atoms with E-state index in [1.165, 1.54) is 23.9 Å². The summed E-state index contributed by atoms with van der Waals surface area (Å²) in [5.74, 6) is 0.00595. The molecule has 0 aliphatic carbocycles. The lowest BCUT2D eigenvalue weighted by atomic mass is 10.1. The molecule has 7 heteroatoms. The second kappa shape index (κ2) is 7.83. The van der Waals surface area contributed by atoms with Crippen LogP contribution in [-0.2, 0) is 11.3 Å². The lowest BCUT2D eigenvalue weighted by molar-refractivity contribution is -0.387. The van der Waals surface area contributed by atoms with Gasteiger partial charge in [0.2, 0.25) is 0 Å². The third-order valence-electron chi connectivity index (χ3n) is 3.41. The number of aryl methyl sites for hydroxylation is 1. The fourth-order valence-corrected chi connectivity index (χ4v) is 2.75. The monoisotopic (exact) mass is 347 g/mol. The van der Waals surface area contributed by atoms with E-state index in [-0.39, 0.29) is 17.9 Å². The van der Waals surface area contributed by atoms with Gasteiger partial charge in [-0.2, -0.15) is 0 Å². The van der Waals surface area contributed by atoms with Crippen molar-refractivity contribution in [3.8, 4) is 5.75 Å². The minimum absolute atomic E-state index is 0.0295. The Bertz CT molecular complexity index is 776. The summed E-state index contributed by atoms with van der Waals surface area (Å²) in [7, 11) is 1.54. The number of nitrogens with zero attached hydrogens (tertiary/aromatic N) is 1. The number of ether oxygens (including phenoxy) is 2. The van der Waals surface area contributed by atoms with E-state index in [4.69, 9.17) is 9.47 Å². The maximum absolute atomic E-state index is 12.2. The van der Waals surface area contributed by atoms with Crippen molar-refractivity contribution in [3.05, 3.63) is 63.2 Å². The topological polar surface area (TPSA) is 78.7 Å². The number of esters is 1. The average molecular weight is 347 g/mol. The first kappa shape index (κ1) is 17.8. The third kappa shape index (κ3) is 4.05. The van der Waals surface area contributed by atoms with E-state index in [2.05, 4.69) is 0 Å². The van der Waals surface area contributed by atoms with Crippen molar-refractivity contribution in [2.24, 2.45) is 0 Å². The number of thioether (sulfide) groups is 1. The van der Waals surface area contributed by atoms with E-state index >= 15 is 0 Å². The predicted molar refractivity (Wildman–Crippen MR) is 91.7 cm³/mol. The van der Waals surface area contributed by atoms with Gasteiger partial charge in [-0.25, -0.2) is 4.79 Å². The molecule has 2 rings (SSSR count). The molecule has 24 heavy (non-hydrogen) atoms. The first-order valence-electron chi connectivity index (χ1n) is 7.09. The number of methoxy groups -OCH3 is 1. The Kier molecular flexibility index (Phi) is 5.81. The lowest BCUT2D eigenvalue weighted by Gasteiger charge is -2.10. The smallest absolute Gasteiger partial charge is 0.338 e. The van der Waals surface area contributed by atoms with E-state index in [1.807, 2.05) is 19.1 Å². The van der Waals surface area contributed by atoms with Crippen molar-refractivity contribution in [3.63, 3.8) is 0 Å². The Hall–Kier alpha value is -2.54. The van der Waals surface area contributed by atoms with Crippen molar-refractivity contribution in [1.82, 2.24) is 0 Å². The van der Waals surface area contributed by atoms with Crippen molar-refractivity contribution >= 4 is 23.4 Å². The maximum atomic E-state index is 12.2. The summed E-state index contributed by atoms with van der Waals surface area (Å²) >= 11 is 1.25. The number of carbonyl (C=O) groups excluding carboxylic acids is 1. The second-order valence-corrected chi connectivity index (χ2v) is 5.88. The number of carbonyl (C=O) groups is 1. The SMILES string of the molecule is COc1ccc(C)cc1COC(=O)c1ccc(SC)c([N+](=O)[O-])c1. The molecule has 0 saturated heterocycles. The average Bonchev–Trinajstić information content (AvgIpc) is 2.59. The van der Waals surface area contributed by atoms with Gasteiger partial charge in [-0.15, -0.1) is 11.8 Å². The highest BCUT2D eigenvalue weighted by molar-refractivity contribution is 7.98. The molecule has 0 aliphatic rings. The van der Waals surface area contributed by atoms with Crippen LogP contribution in [0.1, 0.15) is 21.5 Å². The van der Waals surface area contributed by atoms with Gasteiger partial charge in [-0.3, -0.25) is 10.1 Å². The molecule has 2 aromatic carbocycles. The summed E-state index contributed by atoms with van der Waals surface area (Å²) in [6.45, 7) is 1.96. The molecule has 126 valence electrons. The van der Waals surface area contributed by atoms with Gasteiger partial charge in [0, 0.05) is 11.6 Å². The highest BCUT2D eigenvalue weighted by atomic mass is 32.2. The van der Waals surface area contributed by atoms with Gasteiger partial charge >= 0.3 is 5.97 Å². The van der Waals surface area contributed by atoms with Crippen molar-refractivity contribution in [1.29, 1.82) is 0 Å². The maximum Gasteiger partial charge on any atom is 0.338 e. The Labute approximate surface area is 143 Å². The molecule has 0 saturated carbocycles. The van der Waals surface area contributed by atoms with E-state index in [0.717, 1.165) is 11.1 Å². The molecule has 2 aromatic rings. The molecule has 0 spiro atoms. The van der Waals surface area contributed by atoms with Crippen molar-refractivity contribution in [2.45, 2.75) is 18.4 Å². The van der Waals surface area contributed by atoms with Crippen LogP contribution in [0, 0.1) is 17.0 Å². The number of rotatable bonds is 6. The summed E-state index contributed by atoms with van der Waals surface area (Å²) < 4.78 is 10.5. The summed E-state index contributed by atoms with van der Waals surface area (Å²) in [6.07, 6.45) is 1.74. The van der Waals surface area contributed by atoms with Crippen molar-refractivity contribution < 1.29 is 19.2 Å². The molecular formula is C17H17NO5S. The molecule has 0 amide bonds. The fourth-order valence-electron chi connectivity index (χ4n) is 2.21. The largest absolute Gasteiger partial charge is 0.496 e. The van der Waals surface area contributed by atoms with Crippen LogP contribution in [0.25, 0.3) is 0 Å². The lowest BCUT2D eigenvalue weighted by Crippen LogP contribution is -2.07. The Morgan fingerprint density at radius 2 is 2.00 bits per heavy atom. The van der Waals surface area contributed by atoms with Gasteiger partial charge in [0.25, 0.3) is 5.69 Å². The summed E-state index contributed by atoms with van der Waals surface area (Å²) in [5, 5.41) is 11.1. The van der Waals surface area contributed by atoms with Gasteiger partial charge < -0.3 is 9.47 Å². The van der Waals surface area contributed by atoms with E-state index < -0.39 is 10.9 Å². The molecule has 0 radical (unpaired) electrons. The number of nitro benzene ring substituents is 1. The molecular weight excluding hydrogens is 330 g/mol. The van der Waals surface area contributed by atoms with Crippen LogP contribution < -0.4 is 4.74 Å². The minimum atomic E-state index is -0.616. The molecule has 0 aliphatic heterocycles. The normalized spacial score (nSPS) is 10.3. The Morgan fingerprint density at radius 3 is 2.62 bits per heavy atom. The molecule has 0 atom stereocenters. The van der Waals surface area contributed by atoms with E-state index in [0.29, 0.717) is 10.6 Å². The first-order valence-corrected chi connectivity index (χ1v) is 8.31. The van der Waals surface area contributed by atoms with Gasteiger partial charge in [-0.05, 0) is 37.4 Å². The highest BCUT2D eigenvalue weighted by Crippen LogP contribution is 2.29. The number of benzene rings is 2. The summed E-state index contributed by atoms with van der Waals surface area (Å²) in [6, 6.07) is 9.87. The van der Waals surface area contributed by atoms with E-state index in [9.17, 15) is 14.9 Å². The number of hydrogen-bond donors (Lipinski definition) is 0. The quantitative estimate of drug-likeness (QED) is 0.340. The molecule has 0 fully saturated rings. The van der Waals surface area contributed by atoms with Crippen LogP contribution in [0.2, 0.25) is 0 Å². The summed E-state index contributed by atoms with van der Waals surface area (Å²) in [5.41, 5.74) is 1.79. The van der Waals surface area contributed by atoms with Gasteiger partial charge in [-0.1, -0.05) is 11.6 Å². The zero-order valence-electron chi connectivity index (χ0n) is 13.6. The highest BCUT2D eigenvalue weighted by Gasteiger charge is 2.18. The first-order chi connectivity index (χ1) is 11.5. The predicted octanol–water partition coefficient (Wildman–Crippen LogP) is 3.99. The van der Waals surface area contributed by atoms with Crippen LogP contribution in [0.5, 0.6) is 5.75 Å².